The number of hydrogen-bond acceptors (Lipinski definition) is 2. The first kappa shape index (κ1) is 15.3. The molecule has 0 aliphatic heterocycles. The number of amides is 1. The third-order valence-corrected chi connectivity index (χ3v) is 6.29. The van der Waals surface area contributed by atoms with Gasteiger partial charge in [0.05, 0.1) is 5.41 Å². The minimum Gasteiger partial charge on any atom is -0.340 e. The van der Waals surface area contributed by atoms with Gasteiger partial charge in [-0.05, 0) is 82.6 Å². The van der Waals surface area contributed by atoms with Crippen LogP contribution in [0, 0.1) is 22.7 Å². The number of carbonyl (C=O) groups is 1. The van der Waals surface area contributed by atoms with E-state index in [1.54, 1.807) is 0 Å². The van der Waals surface area contributed by atoms with Gasteiger partial charge >= 0.3 is 0 Å². The van der Waals surface area contributed by atoms with Gasteiger partial charge in [0.2, 0.25) is 5.91 Å². The summed E-state index contributed by atoms with van der Waals surface area (Å²) in [5, 5.41) is 0. The minimum absolute atomic E-state index is 0.0301. The second-order valence-electron chi connectivity index (χ2n) is 8.79. The van der Waals surface area contributed by atoms with Crippen LogP contribution in [-0.2, 0) is 4.79 Å². The van der Waals surface area contributed by atoms with E-state index >= 15 is 0 Å². The van der Waals surface area contributed by atoms with Crippen molar-refractivity contribution in [1.29, 1.82) is 0 Å². The average Bonchev–Trinajstić information content (AvgIpc) is 2.35. The summed E-state index contributed by atoms with van der Waals surface area (Å²) >= 11 is 0. The molecule has 4 bridgehead atoms. The Hall–Kier alpha value is -0.570. The van der Waals surface area contributed by atoms with E-state index in [1.165, 1.54) is 19.3 Å². The number of rotatable bonds is 5. The molecule has 4 rings (SSSR count). The molecule has 3 nitrogen and oxygen atoms in total. The zero-order valence-electron chi connectivity index (χ0n) is 14.0. The molecule has 0 radical (unpaired) electrons. The van der Waals surface area contributed by atoms with Gasteiger partial charge in [-0.15, -0.1) is 0 Å². The van der Waals surface area contributed by atoms with Crippen LogP contribution in [0.2, 0.25) is 0 Å². The van der Waals surface area contributed by atoms with Crippen LogP contribution in [0.15, 0.2) is 0 Å². The molecule has 0 aromatic rings. The lowest BCUT2D eigenvalue weighted by Gasteiger charge is -2.61. The molecule has 1 amide bonds. The molecule has 21 heavy (non-hydrogen) atoms. The molecular weight excluding hydrogens is 260 g/mol. The second kappa shape index (κ2) is 5.26. The van der Waals surface area contributed by atoms with Crippen LogP contribution >= 0.6 is 0 Å². The van der Waals surface area contributed by atoms with Gasteiger partial charge < -0.3 is 10.6 Å². The summed E-state index contributed by atoms with van der Waals surface area (Å²) in [6.45, 7) is 8.24. The van der Waals surface area contributed by atoms with Crippen LogP contribution in [0.4, 0.5) is 0 Å². The molecule has 2 atom stereocenters. The quantitative estimate of drug-likeness (QED) is 0.846. The molecule has 0 aromatic heterocycles. The molecule has 0 spiro atoms. The van der Waals surface area contributed by atoms with Crippen LogP contribution in [0.3, 0.4) is 0 Å². The molecule has 2 unspecified atom stereocenters. The zero-order chi connectivity index (χ0) is 15.3. The Balaban J connectivity index is 1.82. The third-order valence-electron chi connectivity index (χ3n) is 6.29. The largest absolute Gasteiger partial charge is 0.340 e. The van der Waals surface area contributed by atoms with Crippen molar-refractivity contribution in [3.05, 3.63) is 0 Å². The van der Waals surface area contributed by atoms with Gasteiger partial charge in [-0.1, -0.05) is 6.92 Å². The van der Waals surface area contributed by atoms with E-state index in [-0.39, 0.29) is 5.41 Å². The van der Waals surface area contributed by atoms with Gasteiger partial charge in [-0.3, -0.25) is 4.79 Å². The maximum atomic E-state index is 13.4. The molecule has 4 saturated carbocycles. The fraction of sp³-hybridized carbons (Fsp3) is 0.944. The fourth-order valence-corrected chi connectivity index (χ4v) is 6.13. The van der Waals surface area contributed by atoms with Crippen molar-refractivity contribution in [2.24, 2.45) is 28.4 Å². The van der Waals surface area contributed by atoms with Crippen molar-refractivity contribution < 1.29 is 4.79 Å². The Kier molecular flexibility index (Phi) is 3.84. The topological polar surface area (TPSA) is 46.3 Å². The third kappa shape index (κ3) is 2.62. The summed E-state index contributed by atoms with van der Waals surface area (Å²) in [6.07, 6.45) is 8.48. The highest BCUT2D eigenvalue weighted by Gasteiger charge is 2.59. The predicted molar refractivity (Wildman–Crippen MR) is 85.7 cm³/mol. The number of hydrogen-bond donors (Lipinski definition) is 1. The summed E-state index contributed by atoms with van der Waals surface area (Å²) in [5.41, 5.74) is 6.08. The highest BCUT2D eigenvalue weighted by atomic mass is 16.2. The van der Waals surface area contributed by atoms with Crippen molar-refractivity contribution in [3.8, 4) is 0 Å². The summed E-state index contributed by atoms with van der Waals surface area (Å²) in [7, 11) is 0. The van der Waals surface area contributed by atoms with Crippen molar-refractivity contribution in [1.82, 2.24) is 4.90 Å². The van der Waals surface area contributed by atoms with Gasteiger partial charge in [-0.2, -0.15) is 0 Å². The molecule has 4 aliphatic carbocycles. The minimum atomic E-state index is -0.0301. The highest BCUT2D eigenvalue weighted by molar-refractivity contribution is 5.83. The standard InChI is InChI=1S/C18H32N2O/c1-13(2)20(6-4-5-19)16(21)18-10-14-7-15(11-18)9-17(3,8-14)12-18/h13-15H,4-12,19H2,1-3H3. The SMILES string of the molecule is CC(C)N(CCCN)C(=O)C12CC3CC(CC(C)(C3)C1)C2. The van der Waals surface area contributed by atoms with Gasteiger partial charge in [0.15, 0.2) is 0 Å². The van der Waals surface area contributed by atoms with E-state index in [2.05, 4.69) is 25.7 Å². The van der Waals surface area contributed by atoms with Crippen LogP contribution in [0.5, 0.6) is 0 Å². The monoisotopic (exact) mass is 292 g/mol. The molecule has 2 N–H and O–H groups in total. The summed E-state index contributed by atoms with van der Waals surface area (Å²) in [6, 6.07) is 0.296. The Bertz CT molecular complexity index is 403. The van der Waals surface area contributed by atoms with Crippen molar-refractivity contribution in [2.75, 3.05) is 13.1 Å². The Morgan fingerprint density at radius 1 is 1.24 bits per heavy atom. The summed E-state index contributed by atoms with van der Waals surface area (Å²) in [5.74, 6) is 2.07. The lowest BCUT2D eigenvalue weighted by molar-refractivity contribution is -0.167. The first-order chi connectivity index (χ1) is 9.87. The van der Waals surface area contributed by atoms with Gasteiger partial charge in [0, 0.05) is 12.6 Å². The Morgan fingerprint density at radius 2 is 1.86 bits per heavy atom. The first-order valence-corrected chi connectivity index (χ1v) is 8.89. The molecule has 120 valence electrons. The predicted octanol–water partition coefficient (Wildman–Crippen LogP) is 3.18. The van der Waals surface area contributed by atoms with Crippen LogP contribution in [0.25, 0.3) is 0 Å². The fourth-order valence-electron chi connectivity index (χ4n) is 6.13. The average molecular weight is 292 g/mol. The van der Waals surface area contributed by atoms with E-state index in [4.69, 9.17) is 5.73 Å². The lowest BCUT2D eigenvalue weighted by atomic mass is 9.44. The number of carbonyl (C=O) groups excluding carboxylic acids is 1. The van der Waals surface area contributed by atoms with Crippen LogP contribution < -0.4 is 5.73 Å². The summed E-state index contributed by atoms with van der Waals surface area (Å²) < 4.78 is 0. The van der Waals surface area contributed by atoms with Gasteiger partial charge in [-0.25, -0.2) is 0 Å². The molecule has 4 aliphatic rings. The van der Waals surface area contributed by atoms with Crippen molar-refractivity contribution >= 4 is 5.91 Å². The van der Waals surface area contributed by atoms with Crippen LogP contribution in [0.1, 0.15) is 65.7 Å². The zero-order valence-corrected chi connectivity index (χ0v) is 14.0. The number of nitrogens with zero attached hydrogens (tertiary/aromatic N) is 1. The Morgan fingerprint density at radius 3 is 2.33 bits per heavy atom. The lowest BCUT2D eigenvalue weighted by Crippen LogP contribution is -2.58. The van der Waals surface area contributed by atoms with E-state index in [0.717, 1.165) is 44.1 Å². The normalized spacial score (nSPS) is 40.8. The second-order valence-corrected chi connectivity index (χ2v) is 8.79. The summed E-state index contributed by atoms with van der Waals surface area (Å²) in [4.78, 5) is 15.5. The van der Waals surface area contributed by atoms with E-state index in [1.807, 2.05) is 0 Å². The smallest absolute Gasteiger partial charge is 0.229 e. The van der Waals surface area contributed by atoms with Crippen LogP contribution in [-0.4, -0.2) is 29.9 Å². The molecule has 4 fully saturated rings. The maximum absolute atomic E-state index is 13.4. The molecule has 0 heterocycles. The van der Waals surface area contributed by atoms with E-state index < -0.39 is 0 Å². The number of nitrogens with two attached hydrogens (primary N) is 1. The van der Waals surface area contributed by atoms with E-state index in [9.17, 15) is 4.79 Å². The Labute approximate surface area is 129 Å². The molecule has 3 heteroatoms. The molecule has 0 aromatic carbocycles. The molecule has 0 saturated heterocycles. The maximum Gasteiger partial charge on any atom is 0.229 e. The van der Waals surface area contributed by atoms with Crippen molar-refractivity contribution in [2.45, 2.75) is 71.8 Å². The van der Waals surface area contributed by atoms with Gasteiger partial charge in [0.25, 0.3) is 0 Å². The van der Waals surface area contributed by atoms with Gasteiger partial charge in [0.1, 0.15) is 0 Å². The van der Waals surface area contributed by atoms with Crippen molar-refractivity contribution in [3.63, 3.8) is 0 Å². The first-order valence-electron chi connectivity index (χ1n) is 8.89. The molecular formula is C18H32N2O. The van der Waals surface area contributed by atoms with E-state index in [0.29, 0.717) is 23.9 Å². The highest BCUT2D eigenvalue weighted by Crippen LogP contribution is 2.65.